The summed E-state index contributed by atoms with van der Waals surface area (Å²) < 4.78 is 6.48. The molecule has 9 heteroatoms. The number of hydrogen-bond donors (Lipinski definition) is 2. The van der Waals surface area contributed by atoms with Crippen molar-refractivity contribution in [2.75, 3.05) is 40.4 Å². The van der Waals surface area contributed by atoms with Crippen LogP contribution in [0.25, 0.3) is 0 Å². The molecule has 2 N–H and O–H groups in total. The van der Waals surface area contributed by atoms with Gasteiger partial charge in [-0.25, -0.2) is 9.48 Å². The summed E-state index contributed by atoms with van der Waals surface area (Å²) in [7, 11) is 3.91. The molecule has 1 aromatic heterocycles. The maximum atomic E-state index is 11.5. The van der Waals surface area contributed by atoms with Crippen molar-refractivity contribution in [3.05, 3.63) is 11.9 Å². The van der Waals surface area contributed by atoms with Crippen molar-refractivity contribution in [2.24, 2.45) is 0 Å². The number of carbonyl (C=O) groups excluding carboxylic acids is 1. The molecule has 0 aliphatic carbocycles. The highest BCUT2D eigenvalue weighted by Gasteiger charge is 2.10. The fourth-order valence-electron chi connectivity index (χ4n) is 1.29. The first-order valence-electron chi connectivity index (χ1n) is 6.11. The van der Waals surface area contributed by atoms with Gasteiger partial charge in [-0.3, -0.25) is 4.79 Å². The van der Waals surface area contributed by atoms with Gasteiger partial charge in [-0.2, -0.15) is 0 Å². The number of hydrogen-bond acceptors (Lipinski definition) is 6. The number of carboxylic acids is 1. The van der Waals surface area contributed by atoms with Crippen LogP contribution in [0.2, 0.25) is 0 Å². The Morgan fingerprint density at radius 2 is 2.20 bits per heavy atom. The highest BCUT2D eigenvalue weighted by Crippen LogP contribution is 1.92. The van der Waals surface area contributed by atoms with Gasteiger partial charge in [-0.05, 0) is 14.1 Å². The molecule has 1 amide bonds. The Labute approximate surface area is 116 Å². The molecule has 1 rings (SSSR count). The summed E-state index contributed by atoms with van der Waals surface area (Å²) in [6.45, 7) is 2.18. The van der Waals surface area contributed by atoms with Crippen LogP contribution >= 0.6 is 0 Å². The van der Waals surface area contributed by atoms with Gasteiger partial charge in [0.15, 0.2) is 5.69 Å². The van der Waals surface area contributed by atoms with Gasteiger partial charge in [-0.15, -0.1) is 5.10 Å². The molecule has 0 spiro atoms. The van der Waals surface area contributed by atoms with Gasteiger partial charge in [0.25, 0.3) is 0 Å². The molecule has 112 valence electrons. The minimum Gasteiger partial charge on any atom is -0.476 e. The van der Waals surface area contributed by atoms with Crippen molar-refractivity contribution in [1.29, 1.82) is 0 Å². The fourth-order valence-corrected chi connectivity index (χ4v) is 1.29. The van der Waals surface area contributed by atoms with Crippen LogP contribution in [0.4, 0.5) is 0 Å². The summed E-state index contributed by atoms with van der Waals surface area (Å²) in [5.74, 6) is -1.45. The van der Waals surface area contributed by atoms with Crippen LogP contribution in [0, 0.1) is 0 Å². The monoisotopic (exact) mass is 285 g/mol. The highest BCUT2D eigenvalue weighted by molar-refractivity contribution is 5.84. The molecule has 0 aromatic carbocycles. The van der Waals surface area contributed by atoms with E-state index in [4.69, 9.17) is 9.84 Å². The molecule has 0 saturated heterocycles. The van der Waals surface area contributed by atoms with Crippen molar-refractivity contribution in [3.8, 4) is 0 Å². The minimum atomic E-state index is -1.18. The maximum absolute atomic E-state index is 11.5. The standard InChI is InChI=1S/C11H19N5O4/c1-15(2)4-6-20-5-3-12-10(17)8-16-7-9(11(18)19)13-14-16/h7H,3-6,8H2,1-2H3,(H,12,17)(H,18,19). The molecular formula is C11H19N5O4. The second kappa shape index (κ2) is 8.23. The summed E-state index contributed by atoms with van der Waals surface area (Å²) in [4.78, 5) is 24.1. The summed E-state index contributed by atoms with van der Waals surface area (Å²) in [6, 6.07) is 0. The van der Waals surface area contributed by atoms with E-state index >= 15 is 0 Å². The number of carbonyl (C=O) groups is 2. The number of amides is 1. The van der Waals surface area contributed by atoms with E-state index in [0.717, 1.165) is 6.54 Å². The second-order valence-electron chi connectivity index (χ2n) is 4.37. The third-order valence-corrected chi connectivity index (χ3v) is 2.31. The topological polar surface area (TPSA) is 110 Å². The minimum absolute atomic E-state index is 0.0715. The third-order valence-electron chi connectivity index (χ3n) is 2.31. The van der Waals surface area contributed by atoms with E-state index in [-0.39, 0.29) is 18.1 Å². The normalized spacial score (nSPS) is 10.8. The van der Waals surface area contributed by atoms with Crippen molar-refractivity contribution in [1.82, 2.24) is 25.2 Å². The largest absolute Gasteiger partial charge is 0.476 e. The predicted molar refractivity (Wildman–Crippen MR) is 69.4 cm³/mol. The Balaban J connectivity index is 2.15. The molecule has 0 radical (unpaired) electrons. The first-order valence-corrected chi connectivity index (χ1v) is 6.11. The van der Waals surface area contributed by atoms with E-state index in [1.807, 2.05) is 19.0 Å². The number of rotatable bonds is 9. The number of likely N-dealkylation sites (N-methyl/N-ethyl adjacent to an activating group) is 1. The van der Waals surface area contributed by atoms with Crippen molar-refractivity contribution >= 4 is 11.9 Å². The Morgan fingerprint density at radius 1 is 1.45 bits per heavy atom. The zero-order valence-corrected chi connectivity index (χ0v) is 11.6. The maximum Gasteiger partial charge on any atom is 0.358 e. The van der Waals surface area contributed by atoms with E-state index < -0.39 is 5.97 Å². The smallest absolute Gasteiger partial charge is 0.358 e. The highest BCUT2D eigenvalue weighted by atomic mass is 16.5. The van der Waals surface area contributed by atoms with E-state index in [0.29, 0.717) is 19.8 Å². The van der Waals surface area contributed by atoms with Crippen LogP contribution < -0.4 is 5.32 Å². The summed E-state index contributed by atoms with van der Waals surface area (Å²) >= 11 is 0. The zero-order valence-electron chi connectivity index (χ0n) is 11.6. The van der Waals surface area contributed by atoms with Crippen LogP contribution in [0.5, 0.6) is 0 Å². The molecule has 0 fully saturated rings. The van der Waals surface area contributed by atoms with Gasteiger partial charge in [0.05, 0.1) is 19.4 Å². The Bertz CT molecular complexity index is 446. The third kappa shape index (κ3) is 6.25. The first-order chi connectivity index (χ1) is 9.49. The first kappa shape index (κ1) is 16.1. The Kier molecular flexibility index (Phi) is 6.60. The summed E-state index contributed by atoms with van der Waals surface area (Å²) in [6.07, 6.45) is 1.20. The molecule has 0 atom stereocenters. The molecule has 0 unspecified atom stereocenters. The number of carboxylic acid groups (broad SMARTS) is 1. The van der Waals surface area contributed by atoms with E-state index in [9.17, 15) is 9.59 Å². The van der Waals surface area contributed by atoms with E-state index in [1.54, 1.807) is 0 Å². The van der Waals surface area contributed by atoms with Gasteiger partial charge in [0, 0.05) is 13.1 Å². The number of nitrogens with zero attached hydrogens (tertiary/aromatic N) is 4. The average molecular weight is 285 g/mol. The van der Waals surface area contributed by atoms with Crippen molar-refractivity contribution in [3.63, 3.8) is 0 Å². The number of aromatic nitrogens is 3. The fraction of sp³-hybridized carbons (Fsp3) is 0.636. The summed E-state index contributed by atoms with van der Waals surface area (Å²) in [5.41, 5.74) is -0.190. The van der Waals surface area contributed by atoms with Crippen LogP contribution in [0.15, 0.2) is 6.20 Å². The molecule has 20 heavy (non-hydrogen) atoms. The number of aromatic carboxylic acids is 1. The van der Waals surface area contributed by atoms with Gasteiger partial charge >= 0.3 is 5.97 Å². The quantitative estimate of drug-likeness (QED) is 0.541. The van der Waals surface area contributed by atoms with Gasteiger partial charge in [0.2, 0.25) is 5.91 Å². The molecule has 0 saturated carbocycles. The average Bonchev–Trinajstić information content (AvgIpc) is 2.81. The lowest BCUT2D eigenvalue weighted by atomic mass is 10.5. The van der Waals surface area contributed by atoms with Gasteiger partial charge < -0.3 is 20.1 Å². The molecule has 0 bridgehead atoms. The molecular weight excluding hydrogens is 266 g/mol. The van der Waals surface area contributed by atoms with Crippen molar-refractivity contribution in [2.45, 2.75) is 6.54 Å². The Morgan fingerprint density at radius 3 is 2.80 bits per heavy atom. The van der Waals surface area contributed by atoms with Crippen LogP contribution in [0.3, 0.4) is 0 Å². The molecule has 0 aliphatic rings. The van der Waals surface area contributed by atoms with Gasteiger partial charge in [0.1, 0.15) is 6.54 Å². The van der Waals surface area contributed by atoms with Crippen molar-refractivity contribution < 1.29 is 19.4 Å². The van der Waals surface area contributed by atoms with E-state index in [1.165, 1.54) is 10.9 Å². The molecule has 1 heterocycles. The van der Waals surface area contributed by atoms with Crippen LogP contribution in [-0.2, 0) is 16.1 Å². The van der Waals surface area contributed by atoms with Gasteiger partial charge in [-0.1, -0.05) is 5.21 Å². The van der Waals surface area contributed by atoms with Crippen LogP contribution in [0.1, 0.15) is 10.5 Å². The lowest BCUT2D eigenvalue weighted by Crippen LogP contribution is -2.31. The second-order valence-corrected chi connectivity index (χ2v) is 4.37. The van der Waals surface area contributed by atoms with Crippen LogP contribution in [-0.4, -0.2) is 77.3 Å². The predicted octanol–water partition coefficient (Wildman–Crippen LogP) is -1.33. The van der Waals surface area contributed by atoms with E-state index in [2.05, 4.69) is 15.6 Å². The zero-order chi connectivity index (χ0) is 15.0. The molecule has 9 nitrogen and oxygen atoms in total. The SMILES string of the molecule is CN(C)CCOCCNC(=O)Cn1cc(C(=O)O)nn1. The number of ether oxygens (including phenoxy) is 1. The Hall–Kier alpha value is -2.00. The number of nitrogens with one attached hydrogen (secondary N) is 1. The lowest BCUT2D eigenvalue weighted by Gasteiger charge is -2.10. The summed E-state index contributed by atoms with van der Waals surface area (Å²) in [5, 5.41) is 18.3. The molecule has 1 aromatic rings. The lowest BCUT2D eigenvalue weighted by molar-refractivity contribution is -0.122. The molecule has 0 aliphatic heterocycles.